The lowest BCUT2D eigenvalue weighted by Crippen LogP contribution is -2.43. The van der Waals surface area contributed by atoms with Crippen molar-refractivity contribution in [1.82, 2.24) is 4.90 Å². The van der Waals surface area contributed by atoms with Crippen LogP contribution in [0.5, 0.6) is 0 Å². The molecule has 1 aliphatic heterocycles. The van der Waals surface area contributed by atoms with Crippen LogP contribution in [0.4, 0.5) is 0 Å². The summed E-state index contributed by atoms with van der Waals surface area (Å²) in [7, 11) is 0. The maximum Gasteiger partial charge on any atom is 0.225 e. The molecular weight excluding hydrogens is 260 g/mol. The van der Waals surface area contributed by atoms with Gasteiger partial charge in [0.2, 0.25) is 5.91 Å². The number of rotatable bonds is 2. The monoisotopic (exact) mass is 286 g/mol. The van der Waals surface area contributed by atoms with Crippen molar-refractivity contribution in [2.45, 2.75) is 57.4 Å². The zero-order chi connectivity index (χ0) is 12.5. The minimum atomic E-state index is 0. The van der Waals surface area contributed by atoms with Crippen LogP contribution in [0.25, 0.3) is 0 Å². The molecule has 0 spiro atoms. The summed E-state index contributed by atoms with van der Waals surface area (Å²) < 4.78 is 0. The molecule has 3 rings (SSSR count). The number of likely N-dealkylation sites (tertiary alicyclic amines) is 1. The third-order valence-electron chi connectivity index (χ3n) is 5.26. The van der Waals surface area contributed by atoms with Gasteiger partial charge < -0.3 is 10.6 Å². The van der Waals surface area contributed by atoms with Gasteiger partial charge in [0.05, 0.1) is 0 Å². The summed E-state index contributed by atoms with van der Waals surface area (Å²) in [6, 6.07) is 0.322. The zero-order valence-corrected chi connectivity index (χ0v) is 12.5. The van der Waals surface area contributed by atoms with Gasteiger partial charge >= 0.3 is 0 Å². The van der Waals surface area contributed by atoms with Crippen molar-refractivity contribution in [2.24, 2.45) is 23.5 Å². The smallest absolute Gasteiger partial charge is 0.225 e. The Morgan fingerprint density at radius 3 is 2.26 bits per heavy atom. The lowest BCUT2D eigenvalue weighted by molar-refractivity contribution is -0.134. The molecule has 0 radical (unpaired) electrons. The molecule has 0 aromatic heterocycles. The summed E-state index contributed by atoms with van der Waals surface area (Å²) in [4.78, 5) is 14.5. The SMILES string of the molecule is Cl.NC1CCN(C(=O)C2CC2C2CCCCC2)CC1. The number of carbonyl (C=O) groups excluding carboxylic acids is 1. The highest BCUT2D eigenvalue weighted by Crippen LogP contribution is 2.50. The lowest BCUT2D eigenvalue weighted by atomic mass is 9.85. The first kappa shape index (κ1) is 15.1. The Bertz CT molecular complexity index is 309. The average molecular weight is 287 g/mol. The first-order valence-corrected chi connectivity index (χ1v) is 7.80. The van der Waals surface area contributed by atoms with Gasteiger partial charge in [0.15, 0.2) is 0 Å². The second-order valence-corrected chi connectivity index (χ2v) is 6.57. The minimum Gasteiger partial charge on any atom is -0.342 e. The molecular formula is C15H27ClN2O. The van der Waals surface area contributed by atoms with Crippen molar-refractivity contribution in [2.75, 3.05) is 13.1 Å². The van der Waals surface area contributed by atoms with Crippen LogP contribution in [0.15, 0.2) is 0 Å². The van der Waals surface area contributed by atoms with E-state index in [1.807, 2.05) is 0 Å². The summed E-state index contributed by atoms with van der Waals surface area (Å²) in [5.41, 5.74) is 5.90. The van der Waals surface area contributed by atoms with Crippen molar-refractivity contribution >= 4 is 18.3 Å². The molecule has 2 aliphatic carbocycles. The first-order valence-electron chi connectivity index (χ1n) is 7.80. The maximum atomic E-state index is 12.4. The van der Waals surface area contributed by atoms with Gasteiger partial charge in [-0.1, -0.05) is 32.1 Å². The van der Waals surface area contributed by atoms with Gasteiger partial charge in [-0.15, -0.1) is 12.4 Å². The normalized spacial score (nSPS) is 32.8. The molecule has 110 valence electrons. The lowest BCUT2D eigenvalue weighted by Gasteiger charge is -2.31. The van der Waals surface area contributed by atoms with E-state index in [0.29, 0.717) is 17.9 Å². The molecule has 1 heterocycles. The number of nitrogens with zero attached hydrogens (tertiary/aromatic N) is 1. The Kier molecular flexibility index (Phi) is 5.13. The number of hydrogen-bond donors (Lipinski definition) is 1. The fourth-order valence-electron chi connectivity index (χ4n) is 3.94. The molecule has 3 nitrogen and oxygen atoms in total. The molecule has 2 unspecified atom stereocenters. The third kappa shape index (κ3) is 3.43. The Morgan fingerprint density at radius 2 is 1.63 bits per heavy atom. The fourth-order valence-corrected chi connectivity index (χ4v) is 3.94. The number of halogens is 1. The summed E-state index contributed by atoms with van der Waals surface area (Å²) in [6.07, 6.45) is 10.1. The van der Waals surface area contributed by atoms with Crippen LogP contribution < -0.4 is 5.73 Å². The van der Waals surface area contributed by atoms with Gasteiger partial charge in [-0.3, -0.25) is 4.79 Å². The van der Waals surface area contributed by atoms with E-state index in [4.69, 9.17) is 5.73 Å². The number of amides is 1. The highest BCUT2D eigenvalue weighted by Gasteiger charge is 2.48. The molecule has 1 amide bonds. The van der Waals surface area contributed by atoms with E-state index in [1.54, 1.807) is 0 Å². The van der Waals surface area contributed by atoms with E-state index in [0.717, 1.165) is 37.8 Å². The molecule has 3 aliphatic rings. The Balaban J connectivity index is 0.00000133. The summed E-state index contributed by atoms with van der Waals surface area (Å²) in [6.45, 7) is 1.79. The van der Waals surface area contributed by atoms with Gasteiger partial charge in [0, 0.05) is 25.0 Å². The summed E-state index contributed by atoms with van der Waals surface area (Å²) in [5, 5.41) is 0. The van der Waals surface area contributed by atoms with Gasteiger partial charge in [-0.25, -0.2) is 0 Å². The Hall–Kier alpha value is -0.280. The zero-order valence-electron chi connectivity index (χ0n) is 11.7. The van der Waals surface area contributed by atoms with Crippen molar-refractivity contribution < 1.29 is 4.79 Å². The quantitative estimate of drug-likeness (QED) is 0.848. The highest BCUT2D eigenvalue weighted by molar-refractivity contribution is 5.85. The number of hydrogen-bond acceptors (Lipinski definition) is 2. The van der Waals surface area contributed by atoms with E-state index >= 15 is 0 Å². The van der Waals surface area contributed by atoms with Crippen LogP contribution in [0.1, 0.15) is 51.4 Å². The Labute approximate surface area is 122 Å². The van der Waals surface area contributed by atoms with Crippen LogP contribution in [0.3, 0.4) is 0 Å². The molecule has 0 aromatic carbocycles. The van der Waals surface area contributed by atoms with Crippen LogP contribution in [0.2, 0.25) is 0 Å². The first-order chi connectivity index (χ1) is 8.75. The maximum absolute atomic E-state index is 12.4. The van der Waals surface area contributed by atoms with Gasteiger partial charge in [-0.05, 0) is 31.1 Å². The number of nitrogens with two attached hydrogens (primary N) is 1. The summed E-state index contributed by atoms with van der Waals surface area (Å²) >= 11 is 0. The predicted octanol–water partition coefficient (Wildman–Crippen LogP) is 2.57. The molecule has 2 saturated carbocycles. The molecule has 2 atom stereocenters. The second-order valence-electron chi connectivity index (χ2n) is 6.57. The third-order valence-corrected chi connectivity index (χ3v) is 5.26. The molecule has 3 fully saturated rings. The van der Waals surface area contributed by atoms with Crippen LogP contribution in [-0.2, 0) is 4.79 Å². The highest BCUT2D eigenvalue weighted by atomic mass is 35.5. The average Bonchev–Trinajstić information content (AvgIpc) is 3.20. The van der Waals surface area contributed by atoms with Gasteiger partial charge in [0.25, 0.3) is 0 Å². The Morgan fingerprint density at radius 1 is 1.00 bits per heavy atom. The molecule has 4 heteroatoms. The van der Waals surface area contributed by atoms with Crippen LogP contribution >= 0.6 is 12.4 Å². The molecule has 0 aromatic rings. The van der Waals surface area contributed by atoms with Crippen LogP contribution in [-0.4, -0.2) is 29.9 Å². The van der Waals surface area contributed by atoms with Crippen LogP contribution in [0, 0.1) is 17.8 Å². The van der Waals surface area contributed by atoms with E-state index in [1.165, 1.54) is 38.5 Å². The van der Waals surface area contributed by atoms with Gasteiger partial charge in [0.1, 0.15) is 0 Å². The topological polar surface area (TPSA) is 46.3 Å². The van der Waals surface area contributed by atoms with E-state index in [-0.39, 0.29) is 12.4 Å². The van der Waals surface area contributed by atoms with Crippen molar-refractivity contribution in [3.05, 3.63) is 0 Å². The molecule has 1 saturated heterocycles. The summed E-state index contributed by atoms with van der Waals surface area (Å²) in [5.74, 6) is 2.41. The number of carbonyl (C=O) groups is 1. The van der Waals surface area contributed by atoms with Crippen molar-refractivity contribution in [1.29, 1.82) is 0 Å². The molecule has 0 bridgehead atoms. The minimum absolute atomic E-state index is 0. The van der Waals surface area contributed by atoms with Crippen molar-refractivity contribution in [3.8, 4) is 0 Å². The second kappa shape index (κ2) is 6.45. The molecule has 19 heavy (non-hydrogen) atoms. The number of piperidine rings is 1. The molecule has 2 N–H and O–H groups in total. The van der Waals surface area contributed by atoms with E-state index in [2.05, 4.69) is 4.90 Å². The standard InChI is InChI=1S/C15H26N2O.ClH/c16-12-6-8-17(9-7-12)15(18)14-10-13(14)11-4-2-1-3-5-11;/h11-14H,1-10,16H2;1H. The fraction of sp³-hybridized carbons (Fsp3) is 0.933. The van der Waals surface area contributed by atoms with E-state index in [9.17, 15) is 4.79 Å². The largest absolute Gasteiger partial charge is 0.342 e. The predicted molar refractivity (Wildman–Crippen MR) is 79.2 cm³/mol. The van der Waals surface area contributed by atoms with E-state index < -0.39 is 0 Å². The van der Waals surface area contributed by atoms with Gasteiger partial charge in [-0.2, -0.15) is 0 Å². The van der Waals surface area contributed by atoms with Crippen molar-refractivity contribution in [3.63, 3.8) is 0 Å².